The summed E-state index contributed by atoms with van der Waals surface area (Å²) in [7, 11) is 0. The predicted octanol–water partition coefficient (Wildman–Crippen LogP) is 4.63. The fourth-order valence-electron chi connectivity index (χ4n) is 4.86. The third-order valence-electron chi connectivity index (χ3n) is 6.43. The number of thioether (sulfide) groups is 1. The van der Waals surface area contributed by atoms with E-state index in [2.05, 4.69) is 11.6 Å². The number of carbonyl (C=O) groups excluding carboxylic acids is 1. The van der Waals surface area contributed by atoms with Gasteiger partial charge in [-0.2, -0.15) is 0 Å². The molecule has 1 saturated carbocycles. The summed E-state index contributed by atoms with van der Waals surface area (Å²) in [6, 6.07) is 15.3. The number of aromatic amines is 1. The lowest BCUT2D eigenvalue weighted by Gasteiger charge is -2.32. The van der Waals surface area contributed by atoms with Crippen LogP contribution >= 0.6 is 11.8 Å². The molecule has 35 heavy (non-hydrogen) atoms. The van der Waals surface area contributed by atoms with Gasteiger partial charge in [0.25, 0.3) is 6.17 Å². The first-order valence-corrected chi connectivity index (χ1v) is 13.1. The molecule has 2 aliphatic rings. The number of H-pyrrole nitrogens is 1. The van der Waals surface area contributed by atoms with Gasteiger partial charge >= 0.3 is 11.3 Å². The molecule has 0 bridgehead atoms. The average Bonchev–Trinajstić information content (AvgIpc) is 3.39. The lowest BCUT2D eigenvalue weighted by molar-refractivity contribution is -0.763. The summed E-state index contributed by atoms with van der Waals surface area (Å²) in [4.78, 5) is 31.4. The Balaban J connectivity index is 1.69. The molecule has 1 aromatic heterocycles. The van der Waals surface area contributed by atoms with Gasteiger partial charge < -0.3 is 4.74 Å². The van der Waals surface area contributed by atoms with E-state index in [-0.39, 0.29) is 17.6 Å². The molecule has 0 radical (unpaired) electrons. The normalized spacial score (nSPS) is 17.1. The van der Waals surface area contributed by atoms with Crippen LogP contribution in [0.3, 0.4) is 0 Å². The Morgan fingerprint density at radius 3 is 2.83 bits per heavy atom. The summed E-state index contributed by atoms with van der Waals surface area (Å²) in [6.45, 7) is 5.61. The molecule has 3 aromatic rings. The number of hydrogen-bond donors (Lipinski definition) is 1. The van der Waals surface area contributed by atoms with Gasteiger partial charge in [-0.15, -0.1) is 6.58 Å². The highest BCUT2D eigenvalue weighted by Gasteiger charge is 2.45. The van der Waals surface area contributed by atoms with Gasteiger partial charge in [0.15, 0.2) is 0 Å². The number of para-hydroxylation sites is 1. The van der Waals surface area contributed by atoms with Gasteiger partial charge in [-0.1, -0.05) is 43.0 Å². The number of carbonyl (C=O) groups is 1. The van der Waals surface area contributed by atoms with Crippen molar-refractivity contribution >= 4 is 23.4 Å². The molecule has 7 nitrogen and oxygen atoms in total. The maximum absolute atomic E-state index is 13.4. The van der Waals surface area contributed by atoms with Crippen LogP contribution in [0.5, 0.6) is 5.75 Å². The first-order chi connectivity index (χ1) is 17.1. The van der Waals surface area contributed by atoms with Crippen molar-refractivity contribution in [3.8, 4) is 17.0 Å². The monoisotopic (exact) mass is 489 g/mol. The second-order valence-electron chi connectivity index (χ2n) is 8.76. The van der Waals surface area contributed by atoms with Crippen molar-refractivity contribution in [3.05, 3.63) is 77.1 Å². The number of benzene rings is 2. The molecule has 1 amide bonds. The number of nitrogens with zero attached hydrogens (tertiary/aromatic N) is 3. The quantitative estimate of drug-likeness (QED) is 0.297. The van der Waals surface area contributed by atoms with Crippen molar-refractivity contribution in [1.29, 1.82) is 0 Å². The smallest absolute Gasteiger partial charge is 0.325 e. The van der Waals surface area contributed by atoms with Crippen LogP contribution in [0.25, 0.3) is 11.3 Å². The van der Waals surface area contributed by atoms with E-state index in [1.165, 1.54) is 24.6 Å². The van der Waals surface area contributed by atoms with Crippen molar-refractivity contribution in [2.75, 3.05) is 10.7 Å². The zero-order valence-electron chi connectivity index (χ0n) is 19.8. The molecule has 5 rings (SSSR count). The summed E-state index contributed by atoms with van der Waals surface area (Å²) in [5.74, 6) is 1.32. The van der Waals surface area contributed by atoms with Gasteiger partial charge in [-0.05, 0) is 60.7 Å². The second-order valence-corrected chi connectivity index (χ2v) is 9.77. The number of nitrogens with one attached hydrogen (secondary N) is 1. The number of rotatable bonds is 7. The van der Waals surface area contributed by atoms with E-state index < -0.39 is 6.17 Å². The van der Waals surface area contributed by atoms with Gasteiger partial charge in [-0.25, -0.2) is 4.90 Å². The molecule has 0 saturated heterocycles. The van der Waals surface area contributed by atoms with E-state index in [0.29, 0.717) is 34.3 Å². The summed E-state index contributed by atoms with van der Waals surface area (Å²) in [5, 5.41) is 5.29. The van der Waals surface area contributed by atoms with Crippen LogP contribution in [0.2, 0.25) is 0 Å². The van der Waals surface area contributed by atoms with Crippen molar-refractivity contribution in [3.63, 3.8) is 0 Å². The van der Waals surface area contributed by atoms with Crippen molar-refractivity contribution in [2.24, 2.45) is 0 Å². The molecular formula is C27H29N4O3S+. The third-order valence-corrected chi connectivity index (χ3v) is 7.29. The minimum atomic E-state index is -0.621. The molecule has 2 heterocycles. The number of aromatic nitrogens is 3. The first-order valence-electron chi connectivity index (χ1n) is 12.1. The standard InChI is InChI=1S/C27H28N4O3S/c1-3-16-35-27-28-25(33)24-21-14-7-8-15-22(21)30(23(32)4-2)26(31(24)29-27)18-10-9-13-20(17-18)34-19-11-5-6-12-19/h3,7-10,13-15,17,19,26H,1,4-6,11-12,16H2,2H3/p+1. The van der Waals surface area contributed by atoms with Gasteiger partial charge in [0.1, 0.15) is 5.75 Å². The second kappa shape index (κ2) is 10.1. The van der Waals surface area contributed by atoms with E-state index in [0.717, 1.165) is 24.2 Å². The van der Waals surface area contributed by atoms with Gasteiger partial charge in [0.05, 0.1) is 17.4 Å². The summed E-state index contributed by atoms with van der Waals surface area (Å²) >= 11 is 1.39. The molecule has 0 spiro atoms. The fraction of sp³-hybridized carbons (Fsp3) is 0.333. The average molecular weight is 490 g/mol. The van der Waals surface area contributed by atoms with Gasteiger partial charge in [-0.3, -0.25) is 14.6 Å². The van der Waals surface area contributed by atoms with E-state index in [9.17, 15) is 9.59 Å². The Morgan fingerprint density at radius 1 is 1.26 bits per heavy atom. The predicted molar refractivity (Wildman–Crippen MR) is 137 cm³/mol. The Labute approximate surface area is 208 Å². The highest BCUT2D eigenvalue weighted by Crippen LogP contribution is 2.38. The molecule has 1 atom stereocenters. The van der Waals surface area contributed by atoms with Crippen LogP contribution in [-0.4, -0.2) is 27.8 Å². The Morgan fingerprint density at radius 2 is 2.06 bits per heavy atom. The minimum absolute atomic E-state index is 0.0508. The minimum Gasteiger partial charge on any atom is -0.490 e. The van der Waals surface area contributed by atoms with E-state index in [1.54, 1.807) is 15.7 Å². The maximum Gasteiger partial charge on any atom is 0.325 e. The molecule has 1 N–H and O–H groups in total. The molecule has 1 fully saturated rings. The summed E-state index contributed by atoms with van der Waals surface area (Å²) < 4.78 is 7.96. The van der Waals surface area contributed by atoms with Gasteiger partial charge in [0, 0.05) is 22.8 Å². The Bertz CT molecular complexity index is 1320. The highest BCUT2D eigenvalue weighted by atomic mass is 32.2. The largest absolute Gasteiger partial charge is 0.490 e. The van der Waals surface area contributed by atoms with E-state index >= 15 is 0 Å². The topological polar surface area (TPSA) is 79.2 Å². The Hall–Kier alpha value is -3.39. The van der Waals surface area contributed by atoms with E-state index in [4.69, 9.17) is 9.84 Å². The summed E-state index contributed by atoms with van der Waals surface area (Å²) in [5.41, 5.74) is 2.39. The van der Waals surface area contributed by atoms with Crippen molar-refractivity contribution in [1.82, 2.24) is 10.1 Å². The lowest BCUT2D eigenvalue weighted by Crippen LogP contribution is -2.60. The fourth-order valence-corrected chi connectivity index (χ4v) is 5.45. The van der Waals surface area contributed by atoms with Crippen LogP contribution in [-0.2, 0) is 4.79 Å². The van der Waals surface area contributed by atoms with E-state index in [1.807, 2.05) is 55.5 Å². The number of fused-ring (bicyclic) bond motifs is 3. The van der Waals surface area contributed by atoms with Crippen molar-refractivity contribution in [2.45, 2.75) is 56.5 Å². The van der Waals surface area contributed by atoms with Crippen molar-refractivity contribution < 1.29 is 14.2 Å². The molecule has 1 aliphatic heterocycles. The molecule has 1 unspecified atom stereocenters. The number of anilines is 1. The molecule has 180 valence electrons. The van der Waals surface area contributed by atoms with Crippen LogP contribution in [0.1, 0.15) is 50.8 Å². The Kier molecular flexibility index (Phi) is 6.72. The number of ether oxygens (including phenoxy) is 1. The molecule has 2 aromatic carbocycles. The first kappa shape index (κ1) is 23.4. The molecular weight excluding hydrogens is 460 g/mol. The zero-order chi connectivity index (χ0) is 24.4. The summed E-state index contributed by atoms with van der Waals surface area (Å²) in [6.07, 6.45) is 6.16. The van der Waals surface area contributed by atoms with Crippen LogP contribution in [0.15, 0.2) is 71.1 Å². The van der Waals surface area contributed by atoms with Gasteiger partial charge in [0.2, 0.25) is 11.1 Å². The van der Waals surface area contributed by atoms with Crippen LogP contribution < -0.4 is 19.9 Å². The SMILES string of the molecule is C=CCSc1n[n+]2c(c(=O)[nH]1)-c1ccccc1N(C(=O)CC)C2c1cccc(OC2CCCC2)c1. The molecule has 1 aliphatic carbocycles. The highest BCUT2D eigenvalue weighted by molar-refractivity contribution is 7.99. The number of amides is 1. The molecule has 8 heteroatoms. The number of hydrogen-bond acceptors (Lipinski definition) is 5. The maximum atomic E-state index is 13.4. The van der Waals surface area contributed by atoms with Crippen LogP contribution in [0.4, 0.5) is 5.69 Å². The zero-order valence-corrected chi connectivity index (χ0v) is 20.6. The third kappa shape index (κ3) is 4.50. The lowest BCUT2D eigenvalue weighted by atomic mass is 10.0. The van der Waals surface area contributed by atoms with Crippen LogP contribution in [0, 0.1) is 0 Å².